The lowest BCUT2D eigenvalue weighted by molar-refractivity contribution is -0.126. The number of amides is 2. The number of hydrogen-bond donors (Lipinski definition) is 1. The summed E-state index contributed by atoms with van der Waals surface area (Å²) in [7, 11) is 0. The maximum atomic E-state index is 11.9. The number of carbonyl (C=O) groups excluding carboxylic acids is 2. The van der Waals surface area contributed by atoms with Crippen molar-refractivity contribution in [3.63, 3.8) is 0 Å². The van der Waals surface area contributed by atoms with Gasteiger partial charge in [-0.2, -0.15) is 0 Å². The number of nitrogens with zero attached hydrogens (tertiary/aromatic N) is 1. The van der Waals surface area contributed by atoms with Gasteiger partial charge in [-0.3, -0.25) is 4.79 Å². The van der Waals surface area contributed by atoms with Crippen LogP contribution in [0.1, 0.15) is 33.6 Å². The summed E-state index contributed by atoms with van der Waals surface area (Å²) in [5.74, 6) is 0.621. The van der Waals surface area contributed by atoms with Crippen molar-refractivity contribution in [2.75, 3.05) is 26.2 Å². The van der Waals surface area contributed by atoms with Crippen LogP contribution in [-0.4, -0.2) is 43.1 Å². The molecule has 5 heteroatoms. The van der Waals surface area contributed by atoms with Crippen molar-refractivity contribution in [2.45, 2.75) is 33.6 Å². The lowest BCUT2D eigenvalue weighted by Crippen LogP contribution is -2.43. The largest absolute Gasteiger partial charge is 0.450 e. The monoisotopic (exact) mass is 256 g/mol. The van der Waals surface area contributed by atoms with E-state index in [1.54, 1.807) is 11.8 Å². The SMILES string of the molecule is CCOC(=O)N1CCC(C(=O)NCC(C)C)CC1. The molecule has 2 amide bonds. The maximum Gasteiger partial charge on any atom is 0.409 e. The van der Waals surface area contributed by atoms with Crippen LogP contribution >= 0.6 is 0 Å². The van der Waals surface area contributed by atoms with Gasteiger partial charge in [-0.15, -0.1) is 0 Å². The molecule has 0 aromatic rings. The molecule has 5 nitrogen and oxygen atoms in total. The third kappa shape index (κ3) is 4.55. The average Bonchev–Trinajstić information content (AvgIpc) is 2.36. The fraction of sp³-hybridized carbons (Fsp3) is 0.846. The van der Waals surface area contributed by atoms with Crippen LogP contribution in [-0.2, 0) is 9.53 Å². The lowest BCUT2D eigenvalue weighted by atomic mass is 9.96. The van der Waals surface area contributed by atoms with Gasteiger partial charge in [0.15, 0.2) is 0 Å². The van der Waals surface area contributed by atoms with Crippen molar-refractivity contribution in [3.8, 4) is 0 Å². The van der Waals surface area contributed by atoms with Crippen LogP contribution in [0.5, 0.6) is 0 Å². The highest BCUT2D eigenvalue weighted by molar-refractivity contribution is 5.79. The standard InChI is InChI=1S/C13H24N2O3/c1-4-18-13(17)15-7-5-11(6-8-15)12(16)14-9-10(2)3/h10-11H,4-9H2,1-3H3,(H,14,16). The first-order valence-electron chi connectivity index (χ1n) is 6.74. The maximum absolute atomic E-state index is 11.9. The Kier molecular flexibility index (Phi) is 5.95. The summed E-state index contributed by atoms with van der Waals surface area (Å²) >= 11 is 0. The van der Waals surface area contributed by atoms with Crippen LogP contribution in [0.25, 0.3) is 0 Å². The number of ether oxygens (including phenoxy) is 1. The van der Waals surface area contributed by atoms with Crippen molar-refractivity contribution in [2.24, 2.45) is 11.8 Å². The van der Waals surface area contributed by atoms with Crippen LogP contribution in [0.15, 0.2) is 0 Å². The molecule has 1 aliphatic rings. The molecule has 0 aliphatic carbocycles. The average molecular weight is 256 g/mol. The van der Waals surface area contributed by atoms with Crippen LogP contribution in [0, 0.1) is 11.8 Å². The Morgan fingerprint density at radius 1 is 1.33 bits per heavy atom. The summed E-state index contributed by atoms with van der Waals surface area (Å²) < 4.78 is 4.94. The van der Waals surface area contributed by atoms with Crippen molar-refractivity contribution >= 4 is 12.0 Å². The first kappa shape index (κ1) is 14.8. The number of hydrogen-bond acceptors (Lipinski definition) is 3. The summed E-state index contributed by atoms with van der Waals surface area (Å²) in [6, 6.07) is 0. The molecule has 0 bridgehead atoms. The van der Waals surface area contributed by atoms with E-state index in [0.717, 1.165) is 19.4 Å². The second-order valence-corrected chi connectivity index (χ2v) is 5.10. The summed E-state index contributed by atoms with van der Waals surface area (Å²) in [5, 5.41) is 2.95. The van der Waals surface area contributed by atoms with E-state index >= 15 is 0 Å². The zero-order chi connectivity index (χ0) is 13.5. The molecule has 0 unspecified atom stereocenters. The molecule has 1 heterocycles. The second kappa shape index (κ2) is 7.24. The van der Waals surface area contributed by atoms with Crippen LogP contribution in [0.3, 0.4) is 0 Å². The van der Waals surface area contributed by atoms with Crippen molar-refractivity contribution in [1.82, 2.24) is 10.2 Å². The number of likely N-dealkylation sites (tertiary alicyclic amines) is 1. The molecule has 1 saturated heterocycles. The van der Waals surface area contributed by atoms with Gasteiger partial charge in [0.05, 0.1) is 6.61 Å². The van der Waals surface area contributed by atoms with Gasteiger partial charge in [-0.25, -0.2) is 4.79 Å². The highest BCUT2D eigenvalue weighted by atomic mass is 16.6. The molecular weight excluding hydrogens is 232 g/mol. The minimum Gasteiger partial charge on any atom is -0.450 e. The third-order valence-electron chi connectivity index (χ3n) is 3.08. The minimum absolute atomic E-state index is 0.0365. The smallest absolute Gasteiger partial charge is 0.409 e. The molecule has 1 aliphatic heterocycles. The Hall–Kier alpha value is -1.26. The third-order valence-corrected chi connectivity index (χ3v) is 3.08. The van der Waals surface area contributed by atoms with E-state index in [1.165, 1.54) is 0 Å². The van der Waals surface area contributed by atoms with E-state index < -0.39 is 0 Å². The van der Waals surface area contributed by atoms with E-state index in [1.807, 2.05) is 0 Å². The summed E-state index contributed by atoms with van der Waals surface area (Å²) in [4.78, 5) is 25.0. The Labute approximate surface area is 109 Å². The quantitative estimate of drug-likeness (QED) is 0.831. The molecule has 1 rings (SSSR count). The first-order valence-corrected chi connectivity index (χ1v) is 6.74. The van der Waals surface area contributed by atoms with Crippen LogP contribution in [0.2, 0.25) is 0 Å². The number of carbonyl (C=O) groups is 2. The van der Waals surface area contributed by atoms with Gasteiger partial charge in [-0.1, -0.05) is 13.8 Å². The zero-order valence-corrected chi connectivity index (χ0v) is 11.6. The molecule has 104 valence electrons. The molecule has 0 radical (unpaired) electrons. The molecule has 0 spiro atoms. The molecule has 1 N–H and O–H groups in total. The minimum atomic E-state index is -0.265. The molecular formula is C13H24N2O3. The van der Waals surface area contributed by atoms with E-state index in [-0.39, 0.29) is 17.9 Å². The number of piperidine rings is 1. The Morgan fingerprint density at radius 2 is 1.94 bits per heavy atom. The van der Waals surface area contributed by atoms with E-state index in [0.29, 0.717) is 25.6 Å². The summed E-state index contributed by atoms with van der Waals surface area (Å²) in [5.41, 5.74) is 0. The molecule has 1 fully saturated rings. The number of rotatable bonds is 4. The Balaban J connectivity index is 2.30. The van der Waals surface area contributed by atoms with Gasteiger partial charge in [0.1, 0.15) is 0 Å². The summed E-state index contributed by atoms with van der Waals surface area (Å²) in [6.07, 6.45) is 1.18. The van der Waals surface area contributed by atoms with Crippen LogP contribution in [0.4, 0.5) is 4.79 Å². The molecule has 0 aromatic carbocycles. The van der Waals surface area contributed by atoms with Gasteiger partial charge in [-0.05, 0) is 25.7 Å². The van der Waals surface area contributed by atoms with E-state index in [2.05, 4.69) is 19.2 Å². The van der Waals surface area contributed by atoms with Crippen molar-refractivity contribution in [1.29, 1.82) is 0 Å². The van der Waals surface area contributed by atoms with Gasteiger partial charge in [0.25, 0.3) is 0 Å². The predicted octanol–water partition coefficient (Wildman–Crippen LogP) is 1.63. The van der Waals surface area contributed by atoms with Crippen LogP contribution < -0.4 is 5.32 Å². The van der Waals surface area contributed by atoms with Gasteiger partial charge in [0, 0.05) is 25.6 Å². The Morgan fingerprint density at radius 3 is 2.44 bits per heavy atom. The normalized spacial score (nSPS) is 16.8. The van der Waals surface area contributed by atoms with Gasteiger partial charge in [0.2, 0.25) is 5.91 Å². The van der Waals surface area contributed by atoms with E-state index in [9.17, 15) is 9.59 Å². The first-order chi connectivity index (χ1) is 8.54. The Bertz CT molecular complexity index is 284. The predicted molar refractivity (Wildman–Crippen MR) is 69.2 cm³/mol. The van der Waals surface area contributed by atoms with Crippen molar-refractivity contribution < 1.29 is 14.3 Å². The van der Waals surface area contributed by atoms with Crippen molar-refractivity contribution in [3.05, 3.63) is 0 Å². The zero-order valence-electron chi connectivity index (χ0n) is 11.6. The highest BCUT2D eigenvalue weighted by Gasteiger charge is 2.27. The van der Waals surface area contributed by atoms with Gasteiger partial charge >= 0.3 is 6.09 Å². The molecule has 18 heavy (non-hydrogen) atoms. The van der Waals surface area contributed by atoms with E-state index in [4.69, 9.17) is 4.74 Å². The summed E-state index contributed by atoms with van der Waals surface area (Å²) in [6.45, 7) is 8.28. The van der Waals surface area contributed by atoms with Gasteiger partial charge < -0.3 is 15.0 Å². The number of nitrogens with one attached hydrogen (secondary N) is 1. The topological polar surface area (TPSA) is 58.6 Å². The highest BCUT2D eigenvalue weighted by Crippen LogP contribution is 2.18. The fourth-order valence-corrected chi connectivity index (χ4v) is 1.99. The molecule has 0 atom stereocenters. The lowest BCUT2D eigenvalue weighted by Gasteiger charge is -2.30. The fourth-order valence-electron chi connectivity index (χ4n) is 1.99. The molecule has 0 saturated carbocycles. The second-order valence-electron chi connectivity index (χ2n) is 5.10. The molecule has 0 aromatic heterocycles.